The topological polar surface area (TPSA) is 96.2 Å². The Labute approximate surface area is 194 Å². The minimum atomic E-state index is -0.527. The first-order valence-electron chi connectivity index (χ1n) is 11.7. The molecule has 2 atom stereocenters. The number of hydrogen-bond acceptors (Lipinski definition) is 5. The van der Waals surface area contributed by atoms with Crippen LogP contribution in [0.5, 0.6) is 0 Å². The first-order valence-corrected chi connectivity index (χ1v) is 12.6. The van der Waals surface area contributed by atoms with Crippen molar-refractivity contribution in [3.63, 3.8) is 0 Å². The van der Waals surface area contributed by atoms with Crippen molar-refractivity contribution in [2.75, 3.05) is 0 Å². The molecule has 1 aromatic rings. The first kappa shape index (κ1) is 23.4. The third-order valence-electron chi connectivity index (χ3n) is 7.01. The molecule has 3 N–H and O–H groups in total. The van der Waals surface area contributed by atoms with Gasteiger partial charge in [-0.2, -0.15) is 5.10 Å². The van der Waals surface area contributed by atoms with Gasteiger partial charge < -0.3 is 15.7 Å². The van der Waals surface area contributed by atoms with Gasteiger partial charge in [-0.1, -0.05) is 13.8 Å². The molecule has 32 heavy (non-hydrogen) atoms. The Morgan fingerprint density at radius 2 is 1.94 bits per heavy atom. The van der Waals surface area contributed by atoms with Crippen molar-refractivity contribution < 1.29 is 14.7 Å². The van der Waals surface area contributed by atoms with Crippen molar-refractivity contribution in [3.05, 3.63) is 17.8 Å². The number of aromatic nitrogens is 2. The van der Waals surface area contributed by atoms with Gasteiger partial charge in [-0.15, -0.1) is 11.8 Å². The van der Waals surface area contributed by atoms with Crippen molar-refractivity contribution in [1.82, 2.24) is 20.4 Å². The molecule has 0 saturated heterocycles. The van der Waals surface area contributed by atoms with E-state index in [1.165, 1.54) is 6.92 Å². The number of nitrogens with one attached hydrogen (secondary N) is 2. The zero-order chi connectivity index (χ0) is 23.3. The lowest BCUT2D eigenvalue weighted by atomic mass is 9.52. The van der Waals surface area contributed by atoms with E-state index in [9.17, 15) is 14.7 Å². The van der Waals surface area contributed by atoms with Gasteiger partial charge >= 0.3 is 0 Å². The van der Waals surface area contributed by atoms with E-state index in [1.54, 1.807) is 22.6 Å². The Hall–Kier alpha value is -1.80. The standard InChI is InChI=1S/C24H36N4O3S/c1-14(2)32-22-19(13-25-28(22)7-6-23(4,5)27-15(3)29)21(30)26-20-17-8-16-9-18(20)12-24(31,10-16)11-17/h6-7,13-14,16-18,20,31H,8-12H2,1-5H3,(H,26,30)(H,27,29)/b7-6+. The highest BCUT2D eigenvalue weighted by molar-refractivity contribution is 7.99. The lowest BCUT2D eigenvalue weighted by Crippen LogP contribution is -2.61. The van der Waals surface area contributed by atoms with Crippen LogP contribution in [0.4, 0.5) is 0 Å². The highest BCUT2D eigenvalue weighted by Crippen LogP contribution is 2.55. The molecule has 4 bridgehead atoms. The van der Waals surface area contributed by atoms with E-state index < -0.39 is 11.1 Å². The second-order valence-electron chi connectivity index (χ2n) is 10.9. The SMILES string of the molecule is CC(=O)NC(C)(C)/C=C/n1ncc(C(=O)NC2C3CC4CC2CC(O)(C4)C3)c1SC(C)C. The maximum Gasteiger partial charge on any atom is 0.255 e. The Morgan fingerprint density at radius 1 is 1.28 bits per heavy atom. The van der Waals surface area contributed by atoms with Crippen LogP contribution in [-0.2, 0) is 4.79 Å². The molecule has 176 valence electrons. The summed E-state index contributed by atoms with van der Waals surface area (Å²) in [6.45, 7) is 9.50. The van der Waals surface area contributed by atoms with Gasteiger partial charge in [0.05, 0.1) is 22.9 Å². The molecule has 4 aliphatic rings. The second-order valence-corrected chi connectivity index (χ2v) is 12.5. The second kappa shape index (κ2) is 8.52. The fraction of sp³-hybridized carbons (Fsp3) is 0.708. The molecule has 7 nitrogen and oxygen atoms in total. The summed E-state index contributed by atoms with van der Waals surface area (Å²) in [5.41, 5.74) is -0.453. The molecular formula is C24H36N4O3S. The van der Waals surface area contributed by atoms with Crippen LogP contribution in [0.3, 0.4) is 0 Å². The van der Waals surface area contributed by atoms with E-state index in [1.807, 2.05) is 26.1 Å². The summed E-state index contributed by atoms with van der Waals surface area (Å²) in [5.74, 6) is 1.16. The Bertz CT molecular complexity index is 906. The third-order valence-corrected chi connectivity index (χ3v) is 8.11. The van der Waals surface area contributed by atoms with Gasteiger partial charge in [0, 0.05) is 24.4 Å². The summed E-state index contributed by atoms with van der Waals surface area (Å²) < 4.78 is 1.72. The molecular weight excluding hydrogens is 424 g/mol. The quantitative estimate of drug-likeness (QED) is 0.542. The minimum Gasteiger partial charge on any atom is -0.390 e. The molecule has 0 radical (unpaired) electrons. The van der Waals surface area contributed by atoms with Crippen LogP contribution in [0.15, 0.2) is 17.3 Å². The van der Waals surface area contributed by atoms with Crippen molar-refractivity contribution in [1.29, 1.82) is 0 Å². The fourth-order valence-corrected chi connectivity index (χ4v) is 7.09. The van der Waals surface area contributed by atoms with Crippen LogP contribution in [-0.4, -0.2) is 49.1 Å². The number of nitrogens with zero attached hydrogens (tertiary/aromatic N) is 2. The maximum absolute atomic E-state index is 13.4. The van der Waals surface area contributed by atoms with E-state index in [4.69, 9.17) is 0 Å². The molecule has 1 heterocycles. The predicted octanol–water partition coefficient (Wildman–Crippen LogP) is 3.44. The monoisotopic (exact) mass is 460 g/mol. The van der Waals surface area contributed by atoms with Crippen LogP contribution in [0.1, 0.15) is 77.1 Å². The molecule has 8 heteroatoms. The summed E-state index contributed by atoms with van der Waals surface area (Å²) in [6, 6.07) is 0.133. The summed E-state index contributed by atoms with van der Waals surface area (Å²) >= 11 is 1.60. The van der Waals surface area contributed by atoms with Crippen molar-refractivity contribution in [2.45, 2.75) is 94.2 Å². The van der Waals surface area contributed by atoms with Gasteiger partial charge in [0.1, 0.15) is 5.03 Å². The normalized spacial score (nSPS) is 31.5. The smallest absolute Gasteiger partial charge is 0.255 e. The van der Waals surface area contributed by atoms with Gasteiger partial charge in [-0.3, -0.25) is 9.59 Å². The summed E-state index contributed by atoms with van der Waals surface area (Å²) in [4.78, 5) is 24.8. The molecule has 0 spiro atoms. The zero-order valence-corrected chi connectivity index (χ0v) is 20.5. The van der Waals surface area contributed by atoms with Crippen molar-refractivity contribution in [3.8, 4) is 0 Å². The minimum absolute atomic E-state index is 0.0848. The number of rotatable bonds is 7. The fourth-order valence-electron chi connectivity index (χ4n) is 6.15. The van der Waals surface area contributed by atoms with Gasteiger partial charge in [0.15, 0.2) is 0 Å². The number of thioether (sulfide) groups is 1. The molecule has 0 aromatic carbocycles. The van der Waals surface area contributed by atoms with E-state index in [2.05, 4.69) is 29.6 Å². The van der Waals surface area contributed by atoms with E-state index in [0.29, 0.717) is 23.3 Å². The molecule has 5 rings (SSSR count). The summed E-state index contributed by atoms with van der Waals surface area (Å²) in [6.07, 6.45) is 10.1. The van der Waals surface area contributed by atoms with Crippen LogP contribution in [0.2, 0.25) is 0 Å². The average Bonchev–Trinajstić information content (AvgIpc) is 3.02. The largest absolute Gasteiger partial charge is 0.390 e. The highest BCUT2D eigenvalue weighted by Gasteiger charge is 2.55. The third kappa shape index (κ3) is 4.91. The van der Waals surface area contributed by atoms with Crippen LogP contribution in [0, 0.1) is 17.8 Å². The van der Waals surface area contributed by atoms with Crippen molar-refractivity contribution >= 4 is 29.8 Å². The van der Waals surface area contributed by atoms with Gasteiger partial charge in [0.25, 0.3) is 5.91 Å². The molecule has 4 aliphatic carbocycles. The number of carbonyl (C=O) groups is 2. The lowest BCUT2D eigenvalue weighted by molar-refractivity contribution is -0.137. The highest BCUT2D eigenvalue weighted by atomic mass is 32.2. The molecule has 0 aliphatic heterocycles. The zero-order valence-electron chi connectivity index (χ0n) is 19.7. The maximum atomic E-state index is 13.4. The molecule has 4 fully saturated rings. The molecule has 1 aromatic heterocycles. The number of hydrogen-bond donors (Lipinski definition) is 3. The number of carbonyl (C=O) groups excluding carboxylic acids is 2. The first-order chi connectivity index (χ1) is 14.9. The summed E-state index contributed by atoms with van der Waals surface area (Å²) in [7, 11) is 0. The Kier molecular flexibility index (Phi) is 6.22. The van der Waals surface area contributed by atoms with Gasteiger partial charge in [-0.25, -0.2) is 4.68 Å². The predicted molar refractivity (Wildman–Crippen MR) is 126 cm³/mol. The summed E-state index contributed by atoms with van der Waals surface area (Å²) in [5, 5.41) is 22.6. The van der Waals surface area contributed by atoms with Crippen molar-refractivity contribution in [2.24, 2.45) is 17.8 Å². The molecule has 2 amide bonds. The van der Waals surface area contributed by atoms with Crippen LogP contribution < -0.4 is 10.6 Å². The van der Waals surface area contributed by atoms with Gasteiger partial charge in [-0.05, 0) is 69.8 Å². The van der Waals surface area contributed by atoms with Crippen LogP contribution >= 0.6 is 11.8 Å². The molecule has 4 saturated carbocycles. The Morgan fingerprint density at radius 3 is 2.50 bits per heavy atom. The van der Waals surface area contributed by atoms with Gasteiger partial charge in [0.2, 0.25) is 5.91 Å². The van der Waals surface area contributed by atoms with E-state index >= 15 is 0 Å². The van der Waals surface area contributed by atoms with E-state index in [-0.39, 0.29) is 23.1 Å². The van der Waals surface area contributed by atoms with Crippen LogP contribution in [0.25, 0.3) is 6.20 Å². The number of amides is 2. The Balaban J connectivity index is 1.53. The average molecular weight is 461 g/mol. The lowest BCUT2D eigenvalue weighted by Gasteiger charge is -2.58. The van der Waals surface area contributed by atoms with E-state index in [0.717, 1.165) is 37.1 Å². The number of aliphatic hydroxyl groups is 1. The molecule has 2 unspecified atom stereocenters.